The first kappa shape index (κ1) is 28.7. The van der Waals surface area contributed by atoms with Gasteiger partial charge in [0.1, 0.15) is 11.6 Å². The molecule has 0 N–H and O–H groups in total. The predicted molar refractivity (Wildman–Crippen MR) is 147 cm³/mol. The molecule has 0 bridgehead atoms. The summed E-state index contributed by atoms with van der Waals surface area (Å²) in [6.45, 7) is 2.05. The molecule has 5 rings (SSSR count). The number of aryl methyl sites for hydroxylation is 2. The number of benzene rings is 3. The minimum absolute atomic E-state index is 0.0220. The van der Waals surface area contributed by atoms with Crippen molar-refractivity contribution in [2.24, 2.45) is 0 Å². The fourth-order valence-corrected chi connectivity index (χ4v) is 6.73. The molecular formula is C32H30F6OS. The van der Waals surface area contributed by atoms with E-state index in [1.807, 2.05) is 6.07 Å². The van der Waals surface area contributed by atoms with Crippen molar-refractivity contribution in [2.75, 3.05) is 0 Å². The van der Waals surface area contributed by atoms with Gasteiger partial charge in [-0.1, -0.05) is 43.7 Å². The first-order chi connectivity index (χ1) is 19.1. The zero-order valence-corrected chi connectivity index (χ0v) is 22.9. The first-order valence-electron chi connectivity index (χ1n) is 13.6. The molecule has 1 heterocycles. The molecule has 0 saturated heterocycles. The number of alkyl halides is 2. The van der Waals surface area contributed by atoms with E-state index in [1.165, 1.54) is 29.5 Å². The van der Waals surface area contributed by atoms with Crippen LogP contribution >= 0.6 is 11.3 Å². The minimum atomic E-state index is -3.39. The van der Waals surface area contributed by atoms with Crippen LogP contribution in [0.3, 0.4) is 0 Å². The van der Waals surface area contributed by atoms with Gasteiger partial charge in [-0.15, -0.1) is 11.3 Å². The Bertz CT molecular complexity index is 1490. The highest BCUT2D eigenvalue weighted by Gasteiger charge is 2.35. The molecule has 1 nitrogen and oxygen atoms in total. The third kappa shape index (κ3) is 6.39. The van der Waals surface area contributed by atoms with E-state index in [4.69, 9.17) is 4.74 Å². The zero-order valence-electron chi connectivity index (χ0n) is 22.1. The highest BCUT2D eigenvalue weighted by Crippen LogP contribution is 2.39. The molecule has 1 aliphatic carbocycles. The Balaban J connectivity index is 1.16. The van der Waals surface area contributed by atoms with Gasteiger partial charge in [0, 0.05) is 16.9 Å². The van der Waals surface area contributed by atoms with Crippen LogP contribution in [0.4, 0.5) is 26.3 Å². The molecule has 0 unspecified atom stereocenters. The SMILES string of the molecule is CCCc1cc2ccc(CCC(F)(F)OC3CCC(c4ccc(-c5ccc(F)c(F)c5)c(F)c4)CC3)c(F)c2s1. The van der Waals surface area contributed by atoms with Crippen molar-refractivity contribution in [3.05, 3.63) is 93.9 Å². The van der Waals surface area contributed by atoms with Gasteiger partial charge in [-0.25, -0.2) is 17.6 Å². The third-order valence-electron chi connectivity index (χ3n) is 7.65. The van der Waals surface area contributed by atoms with E-state index in [0.29, 0.717) is 30.4 Å². The summed E-state index contributed by atoms with van der Waals surface area (Å²) in [4.78, 5) is 1.08. The first-order valence-corrected chi connectivity index (χ1v) is 14.5. The highest BCUT2D eigenvalue weighted by atomic mass is 32.1. The van der Waals surface area contributed by atoms with Crippen LogP contribution in [-0.2, 0) is 17.6 Å². The number of ether oxygens (including phenoxy) is 1. The maximum absolute atomic E-state index is 15.0. The van der Waals surface area contributed by atoms with Gasteiger partial charge in [-0.05, 0) is 90.8 Å². The van der Waals surface area contributed by atoms with Crippen LogP contribution in [0.2, 0.25) is 0 Å². The Morgan fingerprint density at radius 3 is 2.30 bits per heavy atom. The fraction of sp³-hybridized carbons (Fsp3) is 0.375. The van der Waals surface area contributed by atoms with Crippen LogP contribution in [0.15, 0.2) is 54.6 Å². The van der Waals surface area contributed by atoms with Crippen LogP contribution in [0.1, 0.15) is 67.4 Å². The summed E-state index contributed by atoms with van der Waals surface area (Å²) in [7, 11) is 0. The summed E-state index contributed by atoms with van der Waals surface area (Å²) < 4.78 is 91.8. The Morgan fingerprint density at radius 1 is 0.825 bits per heavy atom. The molecule has 1 aliphatic rings. The Kier molecular flexibility index (Phi) is 8.57. The molecule has 1 saturated carbocycles. The van der Waals surface area contributed by atoms with Crippen LogP contribution in [0.25, 0.3) is 21.2 Å². The topological polar surface area (TPSA) is 9.23 Å². The number of halogens is 6. The highest BCUT2D eigenvalue weighted by molar-refractivity contribution is 7.19. The lowest BCUT2D eigenvalue weighted by molar-refractivity contribution is -0.270. The molecule has 3 aromatic carbocycles. The zero-order chi connectivity index (χ0) is 28.4. The Labute approximate surface area is 233 Å². The van der Waals surface area contributed by atoms with Crippen molar-refractivity contribution in [3.63, 3.8) is 0 Å². The largest absolute Gasteiger partial charge is 0.356 e. The number of rotatable bonds is 9. The van der Waals surface area contributed by atoms with E-state index in [-0.39, 0.29) is 29.0 Å². The third-order valence-corrected chi connectivity index (χ3v) is 8.85. The van der Waals surface area contributed by atoms with Gasteiger partial charge >= 0.3 is 6.11 Å². The van der Waals surface area contributed by atoms with Gasteiger partial charge in [0.25, 0.3) is 0 Å². The molecule has 0 atom stereocenters. The molecule has 0 spiro atoms. The molecule has 0 radical (unpaired) electrons. The van der Waals surface area contributed by atoms with Crippen molar-refractivity contribution in [1.82, 2.24) is 0 Å². The lowest BCUT2D eigenvalue weighted by atomic mass is 9.82. The van der Waals surface area contributed by atoms with E-state index in [9.17, 15) is 22.0 Å². The molecule has 1 aromatic heterocycles. The van der Waals surface area contributed by atoms with E-state index in [1.54, 1.807) is 18.2 Å². The average Bonchev–Trinajstić information content (AvgIpc) is 3.34. The quantitative estimate of drug-likeness (QED) is 0.180. The van der Waals surface area contributed by atoms with Crippen molar-refractivity contribution < 1.29 is 31.1 Å². The van der Waals surface area contributed by atoms with Crippen molar-refractivity contribution in [2.45, 2.75) is 76.4 Å². The Hall–Kier alpha value is -2.84. The monoisotopic (exact) mass is 576 g/mol. The fourth-order valence-electron chi connectivity index (χ4n) is 5.51. The van der Waals surface area contributed by atoms with Gasteiger partial charge in [0.05, 0.1) is 10.8 Å². The second-order valence-corrected chi connectivity index (χ2v) is 11.7. The summed E-state index contributed by atoms with van der Waals surface area (Å²) in [5.74, 6) is -3.05. The van der Waals surface area contributed by atoms with Crippen molar-refractivity contribution in [1.29, 1.82) is 0 Å². The molecule has 0 aliphatic heterocycles. The molecule has 212 valence electrons. The van der Waals surface area contributed by atoms with E-state index in [2.05, 4.69) is 6.92 Å². The summed E-state index contributed by atoms with van der Waals surface area (Å²) in [5, 5.41) is 0.799. The molecule has 0 amide bonds. The van der Waals surface area contributed by atoms with Crippen molar-refractivity contribution >= 4 is 21.4 Å². The van der Waals surface area contributed by atoms with Crippen LogP contribution in [0.5, 0.6) is 0 Å². The maximum Gasteiger partial charge on any atom is 0.356 e. The van der Waals surface area contributed by atoms with Gasteiger partial charge < -0.3 is 4.74 Å². The van der Waals surface area contributed by atoms with Gasteiger partial charge in [0.15, 0.2) is 11.6 Å². The van der Waals surface area contributed by atoms with Crippen LogP contribution in [-0.4, -0.2) is 12.2 Å². The summed E-state index contributed by atoms with van der Waals surface area (Å²) >= 11 is 1.38. The number of thiophene rings is 1. The second-order valence-electron chi connectivity index (χ2n) is 10.5. The summed E-state index contributed by atoms with van der Waals surface area (Å²) in [6.07, 6.45) is -1.07. The van der Waals surface area contributed by atoms with Gasteiger partial charge in [-0.3, -0.25) is 0 Å². The molecule has 1 fully saturated rings. The smallest absolute Gasteiger partial charge is 0.317 e. The average molecular weight is 577 g/mol. The molecule has 40 heavy (non-hydrogen) atoms. The summed E-state index contributed by atoms with van der Waals surface area (Å²) in [6, 6.07) is 13.2. The number of fused-ring (bicyclic) bond motifs is 1. The van der Waals surface area contributed by atoms with E-state index < -0.39 is 41.9 Å². The van der Waals surface area contributed by atoms with Crippen LogP contribution < -0.4 is 0 Å². The van der Waals surface area contributed by atoms with Crippen LogP contribution in [0, 0.1) is 23.3 Å². The molecule has 4 aromatic rings. The predicted octanol–water partition coefficient (Wildman–Crippen LogP) is 10.3. The minimum Gasteiger partial charge on any atom is -0.317 e. The second kappa shape index (κ2) is 12.0. The standard InChI is InChI=1S/C32H30F6OS/c1-2-3-25-16-23-5-4-20(30(36)31(23)40-25)14-15-32(37,38)39-24-10-6-19(7-11-24)21-8-12-26(28(34)17-21)22-9-13-27(33)29(35)18-22/h4-5,8-9,12-13,16-19,24H,2-3,6-7,10-11,14-15H2,1H3. The lowest BCUT2D eigenvalue weighted by Crippen LogP contribution is -2.31. The summed E-state index contributed by atoms with van der Waals surface area (Å²) in [5.41, 5.74) is 1.39. The van der Waals surface area contributed by atoms with E-state index >= 15 is 4.39 Å². The van der Waals surface area contributed by atoms with Gasteiger partial charge in [-0.2, -0.15) is 8.78 Å². The molecule has 8 heteroatoms. The number of hydrogen-bond donors (Lipinski definition) is 0. The Morgan fingerprint density at radius 2 is 1.60 bits per heavy atom. The van der Waals surface area contributed by atoms with Gasteiger partial charge in [0.2, 0.25) is 0 Å². The number of hydrogen-bond acceptors (Lipinski definition) is 2. The van der Waals surface area contributed by atoms with E-state index in [0.717, 1.165) is 40.8 Å². The maximum atomic E-state index is 15.0. The van der Waals surface area contributed by atoms with Crippen molar-refractivity contribution in [3.8, 4) is 11.1 Å². The molecular weight excluding hydrogens is 546 g/mol. The lowest BCUT2D eigenvalue weighted by Gasteiger charge is -2.31. The normalized spacial score (nSPS) is 18.0.